The average molecular weight is 346 g/mol. The Morgan fingerprint density at radius 1 is 1.12 bits per heavy atom. The largest absolute Gasteiger partial charge is 0.326 e. The minimum Gasteiger partial charge on any atom is -0.326 e. The molecule has 2 amide bonds. The number of anilines is 1. The van der Waals surface area contributed by atoms with Gasteiger partial charge >= 0.3 is 11.7 Å². The van der Waals surface area contributed by atoms with E-state index in [4.69, 9.17) is 0 Å². The average Bonchev–Trinajstić information content (AvgIpc) is 2.42. The highest BCUT2D eigenvalue weighted by Crippen LogP contribution is 2.51. The van der Waals surface area contributed by atoms with Gasteiger partial charge in [-0.25, -0.2) is 8.78 Å². The van der Waals surface area contributed by atoms with Crippen molar-refractivity contribution in [1.82, 2.24) is 5.32 Å². The number of Topliss-reactive ketones (excluding diaryl/α,β-unsaturated/α-hetero) is 1. The lowest BCUT2D eigenvalue weighted by Gasteiger charge is -2.41. The maximum atomic E-state index is 14.9. The third kappa shape index (κ3) is 2.53. The Labute approximate surface area is 134 Å². The van der Waals surface area contributed by atoms with Crippen LogP contribution in [-0.2, 0) is 9.59 Å². The number of halogens is 4. The van der Waals surface area contributed by atoms with Crippen molar-refractivity contribution in [1.29, 1.82) is 0 Å². The summed E-state index contributed by atoms with van der Waals surface area (Å²) in [6, 6.07) is 1.41. The van der Waals surface area contributed by atoms with Crippen LogP contribution in [-0.4, -0.2) is 29.3 Å². The first-order valence-electron chi connectivity index (χ1n) is 6.93. The summed E-state index contributed by atoms with van der Waals surface area (Å²) < 4.78 is 57.5. The molecule has 0 aromatic heterocycles. The molecule has 0 radical (unpaired) electrons. The van der Waals surface area contributed by atoms with E-state index < -0.39 is 57.9 Å². The van der Waals surface area contributed by atoms with E-state index >= 15 is 0 Å². The highest BCUT2D eigenvalue weighted by Gasteiger charge is 2.68. The Hall–Kier alpha value is -2.45. The summed E-state index contributed by atoms with van der Waals surface area (Å²) >= 11 is 0. The van der Waals surface area contributed by atoms with Crippen LogP contribution in [0.5, 0.6) is 0 Å². The van der Waals surface area contributed by atoms with Crippen LogP contribution in [0.3, 0.4) is 0 Å². The number of fused-ring (bicyclic) bond motifs is 1. The smallest absolute Gasteiger partial charge is 0.313 e. The second kappa shape index (κ2) is 5.57. The molecule has 0 saturated heterocycles. The van der Waals surface area contributed by atoms with Crippen molar-refractivity contribution in [3.8, 4) is 0 Å². The topological polar surface area (TPSA) is 75.3 Å². The fraction of sp³-hybridized carbons (Fsp3) is 0.400. The van der Waals surface area contributed by atoms with Crippen molar-refractivity contribution in [3.63, 3.8) is 0 Å². The molecule has 0 saturated carbocycles. The van der Waals surface area contributed by atoms with Gasteiger partial charge in [0.25, 0.3) is 0 Å². The van der Waals surface area contributed by atoms with Crippen molar-refractivity contribution < 1.29 is 31.9 Å². The molecule has 130 valence electrons. The van der Waals surface area contributed by atoms with Crippen LogP contribution in [0.1, 0.15) is 42.6 Å². The van der Waals surface area contributed by atoms with Gasteiger partial charge in [0.05, 0.1) is 17.2 Å². The number of hydrogen-bond acceptors (Lipinski definition) is 3. The molecule has 0 aliphatic heterocycles. The van der Waals surface area contributed by atoms with Gasteiger partial charge in [0, 0.05) is 13.8 Å². The summed E-state index contributed by atoms with van der Waals surface area (Å²) in [7, 11) is 0. The fourth-order valence-electron chi connectivity index (χ4n) is 2.71. The minimum atomic E-state index is -4.32. The van der Waals surface area contributed by atoms with Gasteiger partial charge in [0.1, 0.15) is 5.82 Å². The maximum Gasteiger partial charge on any atom is 0.313 e. The number of nitrogens with one attached hydrogen (secondary N) is 2. The lowest BCUT2D eigenvalue weighted by atomic mass is 9.75. The summed E-state index contributed by atoms with van der Waals surface area (Å²) in [5.74, 6) is -14.8. The van der Waals surface area contributed by atoms with E-state index in [-0.39, 0.29) is 0 Å². The van der Waals surface area contributed by atoms with E-state index in [1.807, 2.05) is 0 Å². The van der Waals surface area contributed by atoms with E-state index in [1.165, 1.54) is 5.32 Å². The molecule has 1 aromatic rings. The van der Waals surface area contributed by atoms with Crippen molar-refractivity contribution in [2.45, 2.75) is 38.4 Å². The zero-order valence-electron chi connectivity index (χ0n) is 13.0. The van der Waals surface area contributed by atoms with E-state index in [1.54, 1.807) is 0 Å². The van der Waals surface area contributed by atoms with Crippen molar-refractivity contribution in [2.75, 3.05) is 5.32 Å². The summed E-state index contributed by atoms with van der Waals surface area (Å²) in [5.41, 5.74) is -1.48. The lowest BCUT2D eigenvalue weighted by Crippen LogP contribution is -2.66. The van der Waals surface area contributed by atoms with Gasteiger partial charge in [-0.3, -0.25) is 14.4 Å². The quantitative estimate of drug-likeness (QED) is 0.638. The van der Waals surface area contributed by atoms with E-state index in [2.05, 4.69) is 5.32 Å². The highest BCUT2D eigenvalue weighted by atomic mass is 19.3. The standard InChI is InChI=1S/C15H14F4N2O3/c1-6-10-4-9(16)5-11(20-7(2)22)12(10)13(24)15(19,14(6,17)18)21-8(3)23/h4-6H,1-3H3,(H,20,22)(H,21,23). The van der Waals surface area contributed by atoms with Crippen LogP contribution in [0.4, 0.5) is 23.2 Å². The first-order chi connectivity index (χ1) is 10.9. The van der Waals surface area contributed by atoms with Crippen LogP contribution in [0.25, 0.3) is 0 Å². The number of carbonyl (C=O) groups excluding carboxylic acids is 3. The molecule has 0 heterocycles. The van der Waals surface area contributed by atoms with E-state index in [0.717, 1.165) is 26.8 Å². The predicted octanol–water partition coefficient (Wildman–Crippen LogP) is 2.52. The van der Waals surface area contributed by atoms with Gasteiger partial charge in [-0.05, 0) is 17.7 Å². The fourth-order valence-corrected chi connectivity index (χ4v) is 2.71. The number of benzene rings is 1. The molecule has 24 heavy (non-hydrogen) atoms. The Morgan fingerprint density at radius 3 is 2.21 bits per heavy atom. The molecule has 9 heteroatoms. The van der Waals surface area contributed by atoms with Crippen molar-refractivity contribution in [2.24, 2.45) is 0 Å². The molecule has 5 nitrogen and oxygen atoms in total. The van der Waals surface area contributed by atoms with Gasteiger partial charge in [-0.15, -0.1) is 0 Å². The van der Waals surface area contributed by atoms with Crippen LogP contribution in [0, 0.1) is 5.82 Å². The lowest BCUT2D eigenvalue weighted by molar-refractivity contribution is -0.158. The summed E-state index contributed by atoms with van der Waals surface area (Å²) in [6.07, 6.45) is 0. The molecule has 1 aromatic carbocycles. The Morgan fingerprint density at radius 2 is 1.71 bits per heavy atom. The molecular weight excluding hydrogens is 332 g/mol. The first kappa shape index (κ1) is 17.9. The SMILES string of the molecule is CC(=O)Nc1cc(F)cc2c1C(=O)C(F)(NC(C)=O)C(F)(F)C2C. The predicted molar refractivity (Wildman–Crippen MR) is 76.1 cm³/mol. The van der Waals surface area contributed by atoms with Gasteiger partial charge in [0.15, 0.2) is 0 Å². The molecule has 1 aliphatic rings. The number of amides is 2. The van der Waals surface area contributed by atoms with Gasteiger partial charge in [-0.1, -0.05) is 6.92 Å². The monoisotopic (exact) mass is 346 g/mol. The number of alkyl halides is 3. The first-order valence-corrected chi connectivity index (χ1v) is 6.93. The van der Waals surface area contributed by atoms with Crippen molar-refractivity contribution in [3.05, 3.63) is 29.1 Å². The maximum absolute atomic E-state index is 14.9. The minimum absolute atomic E-state index is 0.433. The second-order valence-electron chi connectivity index (χ2n) is 5.61. The third-order valence-electron chi connectivity index (χ3n) is 3.80. The normalized spacial score (nSPS) is 25.0. The van der Waals surface area contributed by atoms with Crippen LogP contribution in [0.15, 0.2) is 12.1 Å². The summed E-state index contributed by atoms with van der Waals surface area (Å²) in [5, 5.41) is 3.47. The van der Waals surface area contributed by atoms with Crippen molar-refractivity contribution >= 4 is 23.3 Å². The zero-order valence-corrected chi connectivity index (χ0v) is 13.0. The highest BCUT2D eigenvalue weighted by molar-refractivity contribution is 6.12. The number of ketones is 1. The molecule has 0 bridgehead atoms. The van der Waals surface area contributed by atoms with E-state index in [0.29, 0.717) is 6.07 Å². The van der Waals surface area contributed by atoms with Gasteiger partial charge in [0.2, 0.25) is 17.6 Å². The number of hydrogen-bond donors (Lipinski definition) is 2. The van der Waals surface area contributed by atoms with Gasteiger partial charge in [-0.2, -0.15) is 8.78 Å². The molecular formula is C15H14F4N2O3. The molecule has 2 N–H and O–H groups in total. The second-order valence-corrected chi connectivity index (χ2v) is 5.61. The molecule has 2 rings (SSSR count). The van der Waals surface area contributed by atoms with E-state index in [9.17, 15) is 31.9 Å². The molecule has 2 atom stereocenters. The molecule has 1 aliphatic carbocycles. The van der Waals surface area contributed by atoms with Crippen LogP contribution < -0.4 is 10.6 Å². The Bertz CT molecular complexity index is 750. The molecule has 2 unspecified atom stereocenters. The van der Waals surface area contributed by atoms with Crippen LogP contribution in [0.2, 0.25) is 0 Å². The van der Waals surface area contributed by atoms with Gasteiger partial charge < -0.3 is 10.6 Å². The third-order valence-corrected chi connectivity index (χ3v) is 3.80. The van der Waals surface area contributed by atoms with Crippen LogP contribution >= 0.6 is 0 Å². The molecule has 0 spiro atoms. The Kier molecular flexibility index (Phi) is 4.15. The number of carbonyl (C=O) groups is 3. The molecule has 0 fully saturated rings. The zero-order chi connectivity index (χ0) is 18.4. The summed E-state index contributed by atoms with van der Waals surface area (Å²) in [6.45, 7) is 2.74. The Balaban J connectivity index is 2.77. The number of rotatable bonds is 2. The summed E-state index contributed by atoms with van der Waals surface area (Å²) in [4.78, 5) is 34.7.